The van der Waals surface area contributed by atoms with E-state index in [1.807, 2.05) is 49.7 Å². The van der Waals surface area contributed by atoms with E-state index in [9.17, 15) is 4.79 Å². The van der Waals surface area contributed by atoms with Gasteiger partial charge in [-0.15, -0.1) is 0 Å². The summed E-state index contributed by atoms with van der Waals surface area (Å²) in [7, 11) is 0. The second-order valence-electron chi connectivity index (χ2n) is 6.73. The number of nitrogens with zero attached hydrogens (tertiary/aromatic N) is 3. The zero-order valence-electron chi connectivity index (χ0n) is 15.5. The van der Waals surface area contributed by atoms with Gasteiger partial charge in [-0.2, -0.15) is 5.10 Å². The molecule has 1 N–H and O–H groups in total. The number of carbonyl (C=O) groups excluding carboxylic acids is 1. The van der Waals surface area contributed by atoms with Crippen LogP contribution in [0.3, 0.4) is 0 Å². The van der Waals surface area contributed by atoms with Crippen molar-refractivity contribution in [3.05, 3.63) is 45.7 Å². The van der Waals surface area contributed by atoms with E-state index in [1.54, 1.807) is 0 Å². The molecule has 0 saturated carbocycles. The maximum atomic E-state index is 12.5. The second-order valence-corrected chi connectivity index (χ2v) is 7.52. The lowest BCUT2D eigenvalue weighted by atomic mass is 10.1. The predicted octanol–water partition coefficient (Wildman–Crippen LogP) is 2.70. The van der Waals surface area contributed by atoms with Crippen LogP contribution in [0.5, 0.6) is 0 Å². The molecule has 0 bridgehead atoms. The van der Waals surface area contributed by atoms with Crippen LogP contribution in [0.2, 0.25) is 0 Å². The molecule has 6 nitrogen and oxygen atoms in total. The first-order valence-electron chi connectivity index (χ1n) is 8.89. The molecule has 2 heterocycles. The summed E-state index contributed by atoms with van der Waals surface area (Å²) in [5.74, 6) is -0.0492. The lowest BCUT2D eigenvalue weighted by Crippen LogP contribution is -2.46. The first kappa shape index (κ1) is 19.1. The van der Waals surface area contributed by atoms with Gasteiger partial charge in [-0.05, 0) is 61.0 Å². The Balaban J connectivity index is 1.62. The van der Waals surface area contributed by atoms with Crippen LogP contribution in [0.1, 0.15) is 28.7 Å². The van der Waals surface area contributed by atoms with Gasteiger partial charge in [0.15, 0.2) is 0 Å². The number of rotatable bonds is 5. The summed E-state index contributed by atoms with van der Waals surface area (Å²) >= 11 is 3.54. The molecule has 1 unspecified atom stereocenters. The number of hydrogen-bond acceptors (Lipinski definition) is 4. The first-order valence-corrected chi connectivity index (χ1v) is 9.68. The van der Waals surface area contributed by atoms with Crippen LogP contribution in [0.4, 0.5) is 0 Å². The van der Waals surface area contributed by atoms with Gasteiger partial charge in [0.2, 0.25) is 0 Å². The number of halogens is 1. The zero-order chi connectivity index (χ0) is 18.7. The normalized spacial score (nSPS) is 16.5. The van der Waals surface area contributed by atoms with Gasteiger partial charge in [-0.3, -0.25) is 9.69 Å². The van der Waals surface area contributed by atoms with Crippen LogP contribution in [0.25, 0.3) is 5.69 Å². The molecule has 1 aromatic heterocycles. The Morgan fingerprint density at radius 2 is 1.92 bits per heavy atom. The average Bonchev–Trinajstić information content (AvgIpc) is 2.90. The number of morpholine rings is 1. The quantitative estimate of drug-likeness (QED) is 0.807. The molecular weight excluding hydrogens is 396 g/mol. The third kappa shape index (κ3) is 4.34. The molecule has 0 radical (unpaired) electrons. The molecule has 3 rings (SSSR count). The Labute approximate surface area is 162 Å². The minimum atomic E-state index is -0.0492. The summed E-state index contributed by atoms with van der Waals surface area (Å²) in [5.41, 5.74) is 3.58. The maximum absolute atomic E-state index is 12.5. The highest BCUT2D eigenvalue weighted by Gasteiger charge is 2.16. The summed E-state index contributed by atoms with van der Waals surface area (Å²) in [5, 5.41) is 7.60. The van der Waals surface area contributed by atoms with E-state index in [-0.39, 0.29) is 11.9 Å². The molecule has 1 fully saturated rings. The number of hydrogen-bond donors (Lipinski definition) is 1. The van der Waals surface area contributed by atoms with Crippen molar-refractivity contribution in [1.29, 1.82) is 0 Å². The fourth-order valence-electron chi connectivity index (χ4n) is 3.15. The standard InChI is InChI=1S/C19H25BrN4O2/c1-13(12-23-8-10-26-11-9-23)21-19(25)16-4-6-17(7-5-16)24-15(3)18(20)14(2)22-24/h4-7,13H,8-12H2,1-3H3,(H,21,25). The average molecular weight is 421 g/mol. The zero-order valence-corrected chi connectivity index (χ0v) is 17.0. The number of carbonyl (C=O) groups is 1. The van der Waals surface area contributed by atoms with Crippen molar-refractivity contribution in [1.82, 2.24) is 20.0 Å². The molecule has 7 heteroatoms. The van der Waals surface area contributed by atoms with Crippen molar-refractivity contribution < 1.29 is 9.53 Å². The number of benzene rings is 1. The van der Waals surface area contributed by atoms with Crippen molar-refractivity contribution in [2.45, 2.75) is 26.8 Å². The number of nitrogens with one attached hydrogen (secondary N) is 1. The fraction of sp³-hybridized carbons (Fsp3) is 0.474. The summed E-state index contributed by atoms with van der Waals surface area (Å²) in [6.07, 6.45) is 0. The largest absolute Gasteiger partial charge is 0.379 e. The fourth-order valence-corrected chi connectivity index (χ4v) is 3.40. The van der Waals surface area contributed by atoms with Gasteiger partial charge in [0, 0.05) is 31.2 Å². The van der Waals surface area contributed by atoms with Crippen LogP contribution in [0.15, 0.2) is 28.7 Å². The molecule has 1 atom stereocenters. The van der Waals surface area contributed by atoms with Crippen molar-refractivity contribution in [2.75, 3.05) is 32.8 Å². The molecule has 26 heavy (non-hydrogen) atoms. The molecule has 0 spiro atoms. The minimum absolute atomic E-state index is 0.0492. The number of ether oxygens (including phenoxy) is 1. The smallest absolute Gasteiger partial charge is 0.251 e. The van der Waals surface area contributed by atoms with Gasteiger partial charge in [0.25, 0.3) is 5.91 Å². The van der Waals surface area contributed by atoms with Crippen LogP contribution in [-0.4, -0.2) is 59.5 Å². The maximum Gasteiger partial charge on any atom is 0.251 e. The van der Waals surface area contributed by atoms with E-state index in [1.165, 1.54) is 0 Å². The summed E-state index contributed by atoms with van der Waals surface area (Å²) < 4.78 is 8.25. The molecule has 1 saturated heterocycles. The third-order valence-corrected chi connectivity index (χ3v) is 5.74. The minimum Gasteiger partial charge on any atom is -0.379 e. The molecule has 1 aromatic carbocycles. The summed E-state index contributed by atoms with van der Waals surface area (Å²) in [4.78, 5) is 14.8. The molecule has 1 aliphatic heterocycles. The van der Waals surface area contributed by atoms with E-state index in [0.29, 0.717) is 5.56 Å². The molecule has 2 aromatic rings. The van der Waals surface area contributed by atoms with E-state index >= 15 is 0 Å². The number of aromatic nitrogens is 2. The van der Waals surface area contributed by atoms with Gasteiger partial charge < -0.3 is 10.1 Å². The van der Waals surface area contributed by atoms with Crippen molar-refractivity contribution in [3.63, 3.8) is 0 Å². The van der Waals surface area contributed by atoms with Gasteiger partial charge in [0.1, 0.15) is 0 Å². The van der Waals surface area contributed by atoms with E-state index in [4.69, 9.17) is 4.74 Å². The van der Waals surface area contributed by atoms with Crippen LogP contribution < -0.4 is 5.32 Å². The van der Waals surface area contributed by atoms with E-state index in [0.717, 1.165) is 54.4 Å². The van der Waals surface area contributed by atoms with E-state index in [2.05, 4.69) is 31.2 Å². The molecule has 1 amide bonds. The molecule has 0 aliphatic carbocycles. The summed E-state index contributed by atoms with van der Waals surface area (Å²) in [6, 6.07) is 7.63. The topological polar surface area (TPSA) is 59.4 Å². The lowest BCUT2D eigenvalue weighted by molar-refractivity contribution is 0.0342. The predicted molar refractivity (Wildman–Crippen MR) is 105 cm³/mol. The highest BCUT2D eigenvalue weighted by atomic mass is 79.9. The lowest BCUT2D eigenvalue weighted by Gasteiger charge is -2.29. The molecule has 140 valence electrons. The van der Waals surface area contributed by atoms with E-state index < -0.39 is 0 Å². The van der Waals surface area contributed by atoms with Crippen LogP contribution >= 0.6 is 15.9 Å². The SMILES string of the molecule is Cc1nn(-c2ccc(C(=O)NC(C)CN3CCOCC3)cc2)c(C)c1Br. The Morgan fingerprint density at radius 3 is 2.50 bits per heavy atom. The Bertz CT molecular complexity index is 767. The van der Waals surface area contributed by atoms with Crippen molar-refractivity contribution in [2.24, 2.45) is 0 Å². The van der Waals surface area contributed by atoms with Crippen molar-refractivity contribution >= 4 is 21.8 Å². The highest BCUT2D eigenvalue weighted by molar-refractivity contribution is 9.10. The Kier molecular flexibility index (Phi) is 6.11. The van der Waals surface area contributed by atoms with Gasteiger partial charge >= 0.3 is 0 Å². The third-order valence-electron chi connectivity index (χ3n) is 4.59. The Morgan fingerprint density at radius 1 is 1.27 bits per heavy atom. The number of amides is 1. The molecular formula is C19H25BrN4O2. The van der Waals surface area contributed by atoms with Gasteiger partial charge in [-0.25, -0.2) is 4.68 Å². The summed E-state index contributed by atoms with van der Waals surface area (Å²) in [6.45, 7) is 10.2. The van der Waals surface area contributed by atoms with Gasteiger partial charge in [-0.1, -0.05) is 0 Å². The highest BCUT2D eigenvalue weighted by Crippen LogP contribution is 2.23. The molecule has 1 aliphatic rings. The Hall–Kier alpha value is -1.70. The van der Waals surface area contributed by atoms with Crippen LogP contribution in [0, 0.1) is 13.8 Å². The second kappa shape index (κ2) is 8.33. The van der Waals surface area contributed by atoms with Crippen molar-refractivity contribution in [3.8, 4) is 5.69 Å². The monoisotopic (exact) mass is 420 g/mol. The van der Waals surface area contributed by atoms with Gasteiger partial charge in [0.05, 0.1) is 34.8 Å². The van der Waals surface area contributed by atoms with Crippen LogP contribution in [-0.2, 0) is 4.74 Å². The number of aryl methyl sites for hydroxylation is 1. The first-order chi connectivity index (χ1) is 12.5.